The molecule has 2 aromatic rings. The first kappa shape index (κ1) is 15.1. The third kappa shape index (κ3) is 4.61. The number of amides is 1. The molecule has 108 valence electrons. The monoisotopic (exact) mass is 306 g/mol. The number of nitrogens with one attached hydrogen (secondary N) is 2. The van der Waals surface area contributed by atoms with Gasteiger partial charge in [0.2, 0.25) is 5.91 Å². The van der Waals surface area contributed by atoms with E-state index in [2.05, 4.69) is 10.6 Å². The first-order valence-corrected chi connectivity index (χ1v) is 6.55. The molecule has 2 rings (SSSR count). The van der Waals surface area contributed by atoms with Crippen LogP contribution in [0.1, 0.15) is 5.56 Å². The first-order chi connectivity index (χ1) is 10.0. The number of benzene rings is 2. The third-order valence-electron chi connectivity index (χ3n) is 2.64. The quantitative estimate of drug-likeness (QED) is 0.857. The lowest BCUT2D eigenvalue weighted by Gasteiger charge is -2.10. The molecule has 0 aromatic heterocycles. The summed E-state index contributed by atoms with van der Waals surface area (Å²) in [6.45, 7) is 0. The van der Waals surface area contributed by atoms with Gasteiger partial charge in [0, 0.05) is 6.07 Å². The number of hydrogen-bond acceptors (Lipinski definition) is 2. The molecule has 0 saturated carbocycles. The van der Waals surface area contributed by atoms with Gasteiger partial charge in [-0.1, -0.05) is 30.3 Å². The Hall–Kier alpha value is -2.34. The second-order valence-electron chi connectivity index (χ2n) is 4.29. The summed E-state index contributed by atoms with van der Waals surface area (Å²) in [6.07, 6.45) is 0.161. The Labute approximate surface area is 126 Å². The van der Waals surface area contributed by atoms with Gasteiger partial charge in [0.1, 0.15) is 11.6 Å². The van der Waals surface area contributed by atoms with Crippen molar-refractivity contribution >= 4 is 28.9 Å². The van der Waals surface area contributed by atoms with E-state index in [0.717, 1.165) is 17.7 Å². The summed E-state index contributed by atoms with van der Waals surface area (Å²) in [6, 6.07) is 12.2. The SMILES string of the molecule is O=C(Cc1ccccc1)NC(=S)Nc1ccc(F)cc1F. The average molecular weight is 306 g/mol. The van der Waals surface area contributed by atoms with Crippen molar-refractivity contribution in [3.05, 3.63) is 65.7 Å². The van der Waals surface area contributed by atoms with Crippen LogP contribution in [0.25, 0.3) is 0 Å². The highest BCUT2D eigenvalue weighted by Crippen LogP contribution is 2.14. The number of anilines is 1. The van der Waals surface area contributed by atoms with E-state index in [1.165, 1.54) is 6.07 Å². The van der Waals surface area contributed by atoms with Crippen molar-refractivity contribution in [2.24, 2.45) is 0 Å². The second-order valence-corrected chi connectivity index (χ2v) is 4.70. The molecule has 0 aliphatic rings. The maximum Gasteiger partial charge on any atom is 0.230 e. The summed E-state index contributed by atoms with van der Waals surface area (Å²) in [5, 5.41) is 4.91. The molecule has 0 bridgehead atoms. The predicted molar refractivity (Wildman–Crippen MR) is 80.9 cm³/mol. The van der Waals surface area contributed by atoms with Gasteiger partial charge in [0.15, 0.2) is 5.11 Å². The fourth-order valence-electron chi connectivity index (χ4n) is 1.70. The molecule has 3 nitrogen and oxygen atoms in total. The fraction of sp³-hybridized carbons (Fsp3) is 0.0667. The van der Waals surface area contributed by atoms with Crippen molar-refractivity contribution in [1.82, 2.24) is 5.32 Å². The largest absolute Gasteiger partial charge is 0.330 e. The summed E-state index contributed by atoms with van der Waals surface area (Å²) in [5.41, 5.74) is 0.840. The molecule has 0 spiro atoms. The molecule has 0 fully saturated rings. The average Bonchev–Trinajstić information content (AvgIpc) is 2.43. The first-order valence-electron chi connectivity index (χ1n) is 6.14. The van der Waals surface area contributed by atoms with Crippen LogP contribution < -0.4 is 10.6 Å². The molecule has 0 unspecified atom stereocenters. The third-order valence-corrected chi connectivity index (χ3v) is 2.84. The molecule has 0 aliphatic heterocycles. The molecule has 21 heavy (non-hydrogen) atoms. The molecule has 0 atom stereocenters. The minimum atomic E-state index is -0.783. The molecule has 2 N–H and O–H groups in total. The molecule has 6 heteroatoms. The van der Waals surface area contributed by atoms with Gasteiger partial charge in [0.25, 0.3) is 0 Å². The van der Waals surface area contributed by atoms with Crippen molar-refractivity contribution in [2.75, 3.05) is 5.32 Å². The normalized spacial score (nSPS) is 10.0. The van der Waals surface area contributed by atoms with Gasteiger partial charge in [-0.15, -0.1) is 0 Å². The maximum absolute atomic E-state index is 13.4. The van der Waals surface area contributed by atoms with Crippen molar-refractivity contribution in [2.45, 2.75) is 6.42 Å². The molecule has 2 aromatic carbocycles. The zero-order valence-corrected chi connectivity index (χ0v) is 11.7. The lowest BCUT2D eigenvalue weighted by Crippen LogP contribution is -2.35. The van der Waals surface area contributed by atoms with Gasteiger partial charge in [-0.2, -0.15) is 0 Å². The minimum absolute atomic E-state index is 0.00131. The minimum Gasteiger partial charge on any atom is -0.330 e. The highest BCUT2D eigenvalue weighted by atomic mass is 32.1. The Morgan fingerprint density at radius 1 is 1.10 bits per heavy atom. The van der Waals surface area contributed by atoms with Gasteiger partial charge in [-0.25, -0.2) is 8.78 Å². The topological polar surface area (TPSA) is 41.1 Å². The Balaban J connectivity index is 1.91. The van der Waals surface area contributed by atoms with Gasteiger partial charge >= 0.3 is 0 Å². The number of hydrogen-bond donors (Lipinski definition) is 2. The highest BCUT2D eigenvalue weighted by molar-refractivity contribution is 7.80. The Kier molecular flexibility index (Phi) is 4.94. The number of carbonyl (C=O) groups is 1. The zero-order valence-electron chi connectivity index (χ0n) is 10.9. The van der Waals surface area contributed by atoms with E-state index < -0.39 is 11.6 Å². The van der Waals surface area contributed by atoms with Crippen molar-refractivity contribution in [3.63, 3.8) is 0 Å². The van der Waals surface area contributed by atoms with Crippen LogP contribution in [0.2, 0.25) is 0 Å². The fourth-order valence-corrected chi connectivity index (χ4v) is 1.92. The summed E-state index contributed by atoms with van der Waals surface area (Å²) < 4.78 is 26.2. The summed E-state index contributed by atoms with van der Waals surface area (Å²) in [7, 11) is 0. The smallest absolute Gasteiger partial charge is 0.230 e. The summed E-state index contributed by atoms with van der Waals surface area (Å²) in [4.78, 5) is 11.8. The number of carbonyl (C=O) groups excluding carboxylic acids is 1. The predicted octanol–water partition coefficient (Wildman–Crippen LogP) is 3.02. The van der Waals surface area contributed by atoms with Crippen LogP contribution in [0.3, 0.4) is 0 Å². The van der Waals surface area contributed by atoms with Crippen LogP contribution in [0.15, 0.2) is 48.5 Å². The molecule has 0 saturated heterocycles. The van der Waals surface area contributed by atoms with Crippen LogP contribution in [-0.2, 0) is 11.2 Å². The number of halogens is 2. The number of thiocarbonyl (C=S) groups is 1. The second kappa shape index (κ2) is 6.90. The lowest BCUT2D eigenvalue weighted by atomic mass is 10.1. The van der Waals surface area contributed by atoms with Crippen LogP contribution in [0.4, 0.5) is 14.5 Å². The van der Waals surface area contributed by atoms with Crippen molar-refractivity contribution in [3.8, 4) is 0 Å². The van der Waals surface area contributed by atoms with E-state index in [0.29, 0.717) is 0 Å². The van der Waals surface area contributed by atoms with E-state index in [1.54, 1.807) is 0 Å². The molecule has 1 amide bonds. The number of rotatable bonds is 3. The highest BCUT2D eigenvalue weighted by Gasteiger charge is 2.09. The van der Waals surface area contributed by atoms with Crippen LogP contribution in [-0.4, -0.2) is 11.0 Å². The van der Waals surface area contributed by atoms with E-state index >= 15 is 0 Å². The molecular formula is C15H12F2N2OS. The molecule has 0 radical (unpaired) electrons. The van der Waals surface area contributed by atoms with Crippen LogP contribution in [0, 0.1) is 11.6 Å². The zero-order chi connectivity index (χ0) is 15.2. The van der Waals surface area contributed by atoms with E-state index in [-0.39, 0.29) is 23.1 Å². The molecular weight excluding hydrogens is 294 g/mol. The van der Waals surface area contributed by atoms with Crippen LogP contribution >= 0.6 is 12.2 Å². The van der Waals surface area contributed by atoms with Gasteiger partial charge in [-0.05, 0) is 29.9 Å². The van der Waals surface area contributed by atoms with Crippen molar-refractivity contribution in [1.29, 1.82) is 0 Å². The molecule has 0 heterocycles. The van der Waals surface area contributed by atoms with E-state index in [1.807, 2.05) is 30.3 Å². The van der Waals surface area contributed by atoms with E-state index in [4.69, 9.17) is 12.2 Å². The summed E-state index contributed by atoms with van der Waals surface area (Å²) in [5.74, 6) is -1.78. The maximum atomic E-state index is 13.4. The van der Waals surface area contributed by atoms with Gasteiger partial charge in [0.05, 0.1) is 12.1 Å². The van der Waals surface area contributed by atoms with E-state index in [9.17, 15) is 13.6 Å². The van der Waals surface area contributed by atoms with Crippen molar-refractivity contribution < 1.29 is 13.6 Å². The Morgan fingerprint density at radius 3 is 2.48 bits per heavy atom. The van der Waals surface area contributed by atoms with Gasteiger partial charge in [-0.3, -0.25) is 4.79 Å². The van der Waals surface area contributed by atoms with Gasteiger partial charge < -0.3 is 10.6 Å². The standard InChI is InChI=1S/C15H12F2N2OS/c16-11-6-7-13(12(17)9-11)18-15(21)19-14(20)8-10-4-2-1-3-5-10/h1-7,9H,8H2,(H2,18,19,20,21). The Morgan fingerprint density at radius 2 is 1.81 bits per heavy atom. The Bertz CT molecular complexity index is 662. The summed E-state index contributed by atoms with van der Waals surface area (Å²) >= 11 is 4.92. The van der Waals surface area contributed by atoms with Crippen LogP contribution in [0.5, 0.6) is 0 Å². The lowest BCUT2D eigenvalue weighted by molar-refractivity contribution is -0.119. The molecule has 0 aliphatic carbocycles.